The molecule has 0 aliphatic carbocycles. The van der Waals surface area contributed by atoms with Crippen molar-refractivity contribution in [3.8, 4) is 0 Å². The van der Waals surface area contributed by atoms with Crippen molar-refractivity contribution < 1.29 is 19.2 Å². The van der Waals surface area contributed by atoms with Gasteiger partial charge >= 0.3 is 5.97 Å². The van der Waals surface area contributed by atoms with Crippen LogP contribution in [0.2, 0.25) is 5.02 Å². The molecule has 0 heterocycles. The number of carbonyl (C=O) groups excluding carboxylic acids is 2. The summed E-state index contributed by atoms with van der Waals surface area (Å²) in [6, 6.07) is 16.6. The summed E-state index contributed by atoms with van der Waals surface area (Å²) < 4.78 is 4.88. The molecule has 1 N–H and O–H groups in total. The summed E-state index contributed by atoms with van der Waals surface area (Å²) in [5.74, 6) is -1.54. The highest BCUT2D eigenvalue weighted by atomic mass is 35.5. The molecular formula is C19H13ClN2O5. The number of halogens is 1. The van der Waals surface area contributed by atoms with Crippen molar-refractivity contribution in [3.63, 3.8) is 0 Å². The smallest absolute Gasteiger partial charge is 0.345 e. The molecule has 136 valence electrons. The molecule has 1 amide bonds. The van der Waals surface area contributed by atoms with E-state index in [1.54, 1.807) is 12.1 Å². The van der Waals surface area contributed by atoms with Crippen molar-refractivity contribution in [1.29, 1.82) is 0 Å². The minimum atomic E-state index is -0.980. The molecule has 0 unspecified atom stereocenters. The first kappa shape index (κ1) is 18.3. The van der Waals surface area contributed by atoms with Gasteiger partial charge in [-0.2, -0.15) is 0 Å². The Morgan fingerprint density at radius 3 is 2.52 bits per heavy atom. The number of hydrogen-bond donors (Lipinski definition) is 1. The normalized spacial score (nSPS) is 10.4. The molecule has 0 aliphatic heterocycles. The van der Waals surface area contributed by atoms with E-state index in [2.05, 4.69) is 5.32 Å². The highest BCUT2D eigenvalue weighted by Crippen LogP contribution is 2.24. The van der Waals surface area contributed by atoms with E-state index in [-0.39, 0.29) is 10.6 Å². The molecule has 27 heavy (non-hydrogen) atoms. The molecule has 3 rings (SSSR count). The van der Waals surface area contributed by atoms with E-state index in [0.29, 0.717) is 5.69 Å². The van der Waals surface area contributed by atoms with Crippen LogP contribution in [0.3, 0.4) is 0 Å². The number of fused-ring (bicyclic) bond motifs is 1. The van der Waals surface area contributed by atoms with E-state index in [0.717, 1.165) is 16.8 Å². The van der Waals surface area contributed by atoms with Gasteiger partial charge in [0.1, 0.15) is 5.56 Å². The number of benzene rings is 3. The third-order valence-electron chi connectivity index (χ3n) is 3.74. The van der Waals surface area contributed by atoms with E-state index >= 15 is 0 Å². The zero-order valence-corrected chi connectivity index (χ0v) is 14.6. The lowest BCUT2D eigenvalue weighted by molar-refractivity contribution is -0.385. The molecule has 0 aliphatic rings. The molecule has 0 aromatic heterocycles. The molecule has 0 radical (unpaired) electrons. The van der Waals surface area contributed by atoms with Crippen molar-refractivity contribution in [2.75, 3.05) is 11.9 Å². The van der Waals surface area contributed by atoms with Gasteiger partial charge in [-0.25, -0.2) is 4.79 Å². The molecule has 7 nitrogen and oxygen atoms in total. The lowest BCUT2D eigenvalue weighted by atomic mass is 10.1. The summed E-state index contributed by atoms with van der Waals surface area (Å²) >= 11 is 5.70. The van der Waals surface area contributed by atoms with E-state index in [1.807, 2.05) is 30.3 Å². The van der Waals surface area contributed by atoms with E-state index in [4.69, 9.17) is 16.3 Å². The molecule has 8 heteroatoms. The van der Waals surface area contributed by atoms with Crippen LogP contribution in [-0.4, -0.2) is 23.4 Å². The summed E-state index contributed by atoms with van der Waals surface area (Å²) in [4.78, 5) is 34.4. The Morgan fingerprint density at radius 1 is 1.04 bits per heavy atom. The maximum absolute atomic E-state index is 12.1. The predicted octanol–water partition coefficient (Wildman–Crippen LogP) is 4.20. The number of rotatable bonds is 5. The fourth-order valence-electron chi connectivity index (χ4n) is 2.50. The maximum Gasteiger partial charge on any atom is 0.345 e. The fourth-order valence-corrected chi connectivity index (χ4v) is 2.67. The van der Waals surface area contributed by atoms with E-state index < -0.39 is 29.1 Å². The Bertz CT molecular complexity index is 1050. The Balaban J connectivity index is 1.65. The highest BCUT2D eigenvalue weighted by molar-refractivity contribution is 6.31. The average Bonchev–Trinajstić information content (AvgIpc) is 2.66. The van der Waals surface area contributed by atoms with Crippen LogP contribution in [0.1, 0.15) is 10.4 Å². The lowest BCUT2D eigenvalue weighted by Crippen LogP contribution is -2.21. The van der Waals surface area contributed by atoms with Crippen molar-refractivity contribution in [3.05, 3.63) is 81.4 Å². The van der Waals surface area contributed by atoms with Gasteiger partial charge in [0, 0.05) is 16.8 Å². The van der Waals surface area contributed by atoms with Gasteiger partial charge in [0.2, 0.25) is 0 Å². The second-order valence-electron chi connectivity index (χ2n) is 5.60. The standard InChI is InChI=1S/C19H13ClN2O5/c20-14-6-8-16(17(10-14)22(25)26)19(24)27-11-18(23)21-15-7-5-12-3-1-2-4-13(12)9-15/h1-10H,11H2,(H,21,23). The number of nitrogens with one attached hydrogen (secondary N) is 1. The van der Waals surface area contributed by atoms with Crippen molar-refractivity contribution >= 4 is 45.6 Å². The van der Waals surface area contributed by atoms with Crippen LogP contribution in [-0.2, 0) is 9.53 Å². The van der Waals surface area contributed by atoms with Gasteiger partial charge in [-0.05, 0) is 35.0 Å². The van der Waals surface area contributed by atoms with Crippen molar-refractivity contribution in [2.45, 2.75) is 0 Å². The average molecular weight is 385 g/mol. The first-order valence-corrected chi connectivity index (χ1v) is 8.21. The molecule has 0 atom stereocenters. The lowest BCUT2D eigenvalue weighted by Gasteiger charge is -2.08. The number of carbonyl (C=O) groups is 2. The van der Waals surface area contributed by atoms with Crippen molar-refractivity contribution in [1.82, 2.24) is 0 Å². The zero-order chi connectivity index (χ0) is 19.4. The Kier molecular flexibility index (Phi) is 5.33. The first-order valence-electron chi connectivity index (χ1n) is 7.84. The van der Waals surface area contributed by atoms with Crippen LogP contribution < -0.4 is 5.32 Å². The zero-order valence-electron chi connectivity index (χ0n) is 13.8. The van der Waals surface area contributed by atoms with Crippen LogP contribution in [0, 0.1) is 10.1 Å². The van der Waals surface area contributed by atoms with Crippen LogP contribution in [0.25, 0.3) is 10.8 Å². The Morgan fingerprint density at radius 2 is 1.78 bits per heavy atom. The van der Waals surface area contributed by atoms with Gasteiger partial charge in [0.25, 0.3) is 11.6 Å². The number of esters is 1. The second kappa shape index (κ2) is 7.84. The van der Waals surface area contributed by atoms with E-state index in [9.17, 15) is 19.7 Å². The number of nitrogens with zero attached hydrogens (tertiary/aromatic N) is 1. The largest absolute Gasteiger partial charge is 0.452 e. The molecule has 3 aromatic carbocycles. The Labute approximate surface area is 158 Å². The topological polar surface area (TPSA) is 98.5 Å². The third kappa shape index (κ3) is 4.39. The first-order chi connectivity index (χ1) is 12.9. The number of nitro benzene ring substituents is 1. The number of hydrogen-bond acceptors (Lipinski definition) is 5. The predicted molar refractivity (Wildman–Crippen MR) is 101 cm³/mol. The maximum atomic E-state index is 12.1. The minimum absolute atomic E-state index is 0.118. The summed E-state index contributed by atoms with van der Waals surface area (Å²) in [6.07, 6.45) is 0. The molecule has 0 saturated carbocycles. The molecule has 0 spiro atoms. The quantitative estimate of drug-likeness (QED) is 0.404. The molecular weight excluding hydrogens is 372 g/mol. The van der Waals surface area contributed by atoms with Crippen LogP contribution in [0.15, 0.2) is 60.7 Å². The monoisotopic (exact) mass is 384 g/mol. The minimum Gasteiger partial charge on any atom is -0.452 e. The van der Waals surface area contributed by atoms with Gasteiger partial charge < -0.3 is 10.1 Å². The summed E-state index contributed by atoms with van der Waals surface area (Å²) in [5, 5.41) is 15.7. The van der Waals surface area contributed by atoms with Gasteiger partial charge in [-0.15, -0.1) is 0 Å². The molecule has 0 saturated heterocycles. The summed E-state index contributed by atoms with van der Waals surface area (Å²) in [6.45, 7) is -0.578. The second-order valence-corrected chi connectivity index (χ2v) is 6.04. The van der Waals surface area contributed by atoms with Gasteiger partial charge in [0.05, 0.1) is 4.92 Å². The van der Waals surface area contributed by atoms with Gasteiger partial charge in [0.15, 0.2) is 6.61 Å². The van der Waals surface area contributed by atoms with Crippen LogP contribution in [0.5, 0.6) is 0 Å². The van der Waals surface area contributed by atoms with Gasteiger partial charge in [-0.3, -0.25) is 14.9 Å². The molecule has 3 aromatic rings. The highest BCUT2D eigenvalue weighted by Gasteiger charge is 2.22. The number of amides is 1. The van der Waals surface area contributed by atoms with E-state index in [1.165, 1.54) is 12.1 Å². The molecule has 0 bridgehead atoms. The summed E-state index contributed by atoms with van der Waals surface area (Å²) in [7, 11) is 0. The van der Waals surface area contributed by atoms with Crippen LogP contribution >= 0.6 is 11.6 Å². The van der Waals surface area contributed by atoms with Crippen molar-refractivity contribution in [2.24, 2.45) is 0 Å². The third-order valence-corrected chi connectivity index (χ3v) is 3.98. The SMILES string of the molecule is O=C(COC(=O)c1ccc(Cl)cc1[N+](=O)[O-])Nc1ccc2ccccc2c1. The summed E-state index contributed by atoms with van der Waals surface area (Å²) in [5.41, 5.74) is -0.211. The molecule has 0 fully saturated rings. The Hall–Kier alpha value is -3.45. The fraction of sp³-hybridized carbons (Fsp3) is 0.0526. The van der Waals surface area contributed by atoms with Gasteiger partial charge in [-0.1, -0.05) is 41.9 Å². The number of nitro groups is 1. The number of ether oxygens (including phenoxy) is 1. The van der Waals surface area contributed by atoms with Crippen LogP contribution in [0.4, 0.5) is 11.4 Å². The number of anilines is 1.